The van der Waals surface area contributed by atoms with E-state index in [1.165, 1.54) is 0 Å². The average molecular weight is 391 g/mol. The summed E-state index contributed by atoms with van der Waals surface area (Å²) in [7, 11) is 4.10. The third kappa shape index (κ3) is 5.62. The summed E-state index contributed by atoms with van der Waals surface area (Å²) in [5, 5.41) is 6.20. The predicted octanol–water partition coefficient (Wildman–Crippen LogP) is 3.77. The molecule has 0 saturated carbocycles. The van der Waals surface area contributed by atoms with Crippen LogP contribution in [0.25, 0.3) is 0 Å². The number of nitrogens with one attached hydrogen (secondary N) is 2. The van der Waals surface area contributed by atoms with Crippen molar-refractivity contribution in [3.05, 3.63) is 52.3 Å². The number of rotatable bonds is 7. The van der Waals surface area contributed by atoms with E-state index in [1.807, 2.05) is 31.2 Å². The molecule has 2 N–H and O–H groups in total. The van der Waals surface area contributed by atoms with Crippen LogP contribution in [0, 0.1) is 6.92 Å². The molecule has 0 aliphatic rings. The fraction of sp³-hybridized carbons (Fsp3) is 0.333. The predicted molar refractivity (Wildman–Crippen MR) is 103 cm³/mol. The van der Waals surface area contributed by atoms with Crippen LogP contribution < -0.4 is 10.6 Å². The molecule has 0 radical (unpaired) electrons. The number of nitrogens with zero attached hydrogens (tertiary/aromatic N) is 2. The van der Waals surface area contributed by atoms with Gasteiger partial charge >= 0.3 is 0 Å². The summed E-state index contributed by atoms with van der Waals surface area (Å²) < 4.78 is 0.863. The number of hydrogen-bond donors (Lipinski definition) is 2. The van der Waals surface area contributed by atoms with Gasteiger partial charge in [-0.2, -0.15) is 0 Å². The van der Waals surface area contributed by atoms with Crippen molar-refractivity contribution in [2.75, 3.05) is 37.8 Å². The molecule has 0 unspecified atom stereocenters. The molecule has 128 valence electrons. The number of aromatic nitrogens is 1. The third-order valence-corrected chi connectivity index (χ3v) is 4.14. The van der Waals surface area contributed by atoms with Gasteiger partial charge in [0.1, 0.15) is 0 Å². The second-order valence-electron chi connectivity index (χ2n) is 5.98. The van der Waals surface area contributed by atoms with Gasteiger partial charge in [-0.3, -0.25) is 9.78 Å². The lowest BCUT2D eigenvalue weighted by atomic mass is 10.2. The molecule has 1 aromatic carbocycles. The Balaban J connectivity index is 1.98. The Morgan fingerprint density at radius 3 is 2.75 bits per heavy atom. The highest BCUT2D eigenvalue weighted by Gasteiger charge is 2.09. The van der Waals surface area contributed by atoms with E-state index >= 15 is 0 Å². The maximum absolute atomic E-state index is 12.4. The summed E-state index contributed by atoms with van der Waals surface area (Å²) in [4.78, 5) is 18.7. The van der Waals surface area contributed by atoms with Crippen LogP contribution in [0.4, 0.5) is 11.4 Å². The van der Waals surface area contributed by atoms with Crippen LogP contribution in [-0.2, 0) is 0 Å². The monoisotopic (exact) mass is 390 g/mol. The minimum Gasteiger partial charge on any atom is -0.384 e. The molecule has 0 atom stereocenters. The molecule has 24 heavy (non-hydrogen) atoms. The van der Waals surface area contributed by atoms with Crippen LogP contribution in [0.1, 0.15) is 22.3 Å². The number of aryl methyl sites for hydroxylation is 1. The van der Waals surface area contributed by atoms with Crippen LogP contribution in [0.3, 0.4) is 0 Å². The molecule has 5 nitrogen and oxygen atoms in total. The molecule has 2 aromatic rings. The molecule has 0 bridgehead atoms. The lowest BCUT2D eigenvalue weighted by Crippen LogP contribution is -2.17. The van der Waals surface area contributed by atoms with Crippen molar-refractivity contribution in [3.63, 3.8) is 0 Å². The molecule has 0 saturated heterocycles. The quantitative estimate of drug-likeness (QED) is 0.706. The Morgan fingerprint density at radius 1 is 1.25 bits per heavy atom. The zero-order valence-electron chi connectivity index (χ0n) is 14.3. The molecule has 0 aliphatic carbocycles. The van der Waals surface area contributed by atoms with Crippen molar-refractivity contribution in [2.24, 2.45) is 0 Å². The summed E-state index contributed by atoms with van der Waals surface area (Å²) >= 11 is 3.47. The van der Waals surface area contributed by atoms with Gasteiger partial charge in [0.2, 0.25) is 0 Å². The summed E-state index contributed by atoms with van der Waals surface area (Å²) in [5.74, 6) is -0.177. The second kappa shape index (κ2) is 8.80. The first kappa shape index (κ1) is 18.4. The van der Waals surface area contributed by atoms with Crippen molar-refractivity contribution in [1.82, 2.24) is 9.88 Å². The highest BCUT2D eigenvalue weighted by molar-refractivity contribution is 9.10. The molecule has 2 rings (SSSR count). The van der Waals surface area contributed by atoms with Gasteiger partial charge in [-0.25, -0.2) is 0 Å². The molecule has 1 heterocycles. The number of benzene rings is 1. The standard InChI is InChI=1S/C18H23BrN4O/c1-13-5-6-17(16(19)9-13)22-18(24)14-10-15(12-20-11-14)21-7-4-8-23(2)3/h5-6,9-12,21H,4,7-8H2,1-3H3,(H,22,24). The van der Waals surface area contributed by atoms with Crippen LogP contribution in [0.2, 0.25) is 0 Å². The normalized spacial score (nSPS) is 10.7. The summed E-state index contributed by atoms with van der Waals surface area (Å²) in [6, 6.07) is 7.63. The Bertz CT molecular complexity index is 703. The molecular formula is C18H23BrN4O. The van der Waals surface area contributed by atoms with E-state index in [9.17, 15) is 4.79 Å². The fourth-order valence-corrected chi connectivity index (χ4v) is 2.80. The first-order valence-electron chi connectivity index (χ1n) is 7.87. The van der Waals surface area contributed by atoms with E-state index in [0.717, 1.165) is 40.9 Å². The van der Waals surface area contributed by atoms with E-state index in [4.69, 9.17) is 0 Å². The lowest BCUT2D eigenvalue weighted by Gasteiger charge is -2.11. The number of hydrogen-bond acceptors (Lipinski definition) is 4. The van der Waals surface area contributed by atoms with Crippen molar-refractivity contribution in [1.29, 1.82) is 0 Å². The fourth-order valence-electron chi connectivity index (χ4n) is 2.20. The van der Waals surface area contributed by atoms with Gasteiger partial charge in [0, 0.05) is 23.4 Å². The maximum Gasteiger partial charge on any atom is 0.257 e. The smallest absolute Gasteiger partial charge is 0.257 e. The van der Waals surface area contributed by atoms with Gasteiger partial charge in [-0.15, -0.1) is 0 Å². The van der Waals surface area contributed by atoms with Crippen LogP contribution in [-0.4, -0.2) is 43.0 Å². The first-order valence-corrected chi connectivity index (χ1v) is 8.66. The van der Waals surface area contributed by atoms with Crippen molar-refractivity contribution in [2.45, 2.75) is 13.3 Å². The maximum atomic E-state index is 12.4. The van der Waals surface area contributed by atoms with Gasteiger partial charge in [0.15, 0.2) is 0 Å². The molecule has 6 heteroatoms. The van der Waals surface area contributed by atoms with Crippen molar-refractivity contribution in [3.8, 4) is 0 Å². The van der Waals surface area contributed by atoms with E-state index in [1.54, 1.807) is 12.4 Å². The molecule has 0 spiro atoms. The number of anilines is 2. The van der Waals surface area contributed by atoms with Crippen LogP contribution in [0.5, 0.6) is 0 Å². The van der Waals surface area contributed by atoms with Crippen LogP contribution >= 0.6 is 15.9 Å². The van der Waals surface area contributed by atoms with E-state index in [2.05, 4.69) is 50.5 Å². The second-order valence-corrected chi connectivity index (χ2v) is 6.84. The summed E-state index contributed by atoms with van der Waals surface area (Å²) in [6.45, 7) is 3.86. The Morgan fingerprint density at radius 2 is 2.04 bits per heavy atom. The van der Waals surface area contributed by atoms with Crippen molar-refractivity contribution >= 4 is 33.2 Å². The first-order chi connectivity index (χ1) is 11.5. The molecule has 1 amide bonds. The SMILES string of the molecule is Cc1ccc(NC(=O)c2cncc(NCCCN(C)C)c2)c(Br)c1. The van der Waals surface area contributed by atoms with Gasteiger partial charge in [-0.1, -0.05) is 6.07 Å². The van der Waals surface area contributed by atoms with Gasteiger partial charge in [0.25, 0.3) is 5.91 Å². The van der Waals surface area contributed by atoms with Gasteiger partial charge in [-0.05, 0) is 73.7 Å². The molecular weight excluding hydrogens is 368 g/mol. The Kier molecular flexibility index (Phi) is 6.75. The van der Waals surface area contributed by atoms with E-state index < -0.39 is 0 Å². The zero-order valence-corrected chi connectivity index (χ0v) is 15.9. The van der Waals surface area contributed by atoms with Crippen LogP contribution in [0.15, 0.2) is 41.1 Å². The van der Waals surface area contributed by atoms with Crippen molar-refractivity contribution < 1.29 is 4.79 Å². The molecule has 0 aliphatic heterocycles. The van der Waals surface area contributed by atoms with E-state index in [-0.39, 0.29) is 5.91 Å². The zero-order chi connectivity index (χ0) is 17.5. The Labute approximate surface area is 151 Å². The number of amides is 1. The minimum atomic E-state index is -0.177. The molecule has 1 aromatic heterocycles. The highest BCUT2D eigenvalue weighted by atomic mass is 79.9. The number of pyridine rings is 1. The highest BCUT2D eigenvalue weighted by Crippen LogP contribution is 2.24. The number of carbonyl (C=O) groups is 1. The largest absolute Gasteiger partial charge is 0.384 e. The topological polar surface area (TPSA) is 57.3 Å². The number of halogens is 1. The average Bonchev–Trinajstić information content (AvgIpc) is 2.54. The van der Waals surface area contributed by atoms with Gasteiger partial charge < -0.3 is 15.5 Å². The minimum absolute atomic E-state index is 0.177. The van der Waals surface area contributed by atoms with E-state index in [0.29, 0.717) is 5.56 Å². The summed E-state index contributed by atoms with van der Waals surface area (Å²) in [6.07, 6.45) is 4.33. The summed E-state index contributed by atoms with van der Waals surface area (Å²) in [5.41, 5.74) is 3.25. The van der Waals surface area contributed by atoms with Gasteiger partial charge in [0.05, 0.1) is 16.9 Å². The molecule has 0 fully saturated rings. The number of carbonyl (C=O) groups excluding carboxylic acids is 1. The Hall–Kier alpha value is -1.92. The third-order valence-electron chi connectivity index (χ3n) is 3.48. The lowest BCUT2D eigenvalue weighted by molar-refractivity contribution is 0.102.